The van der Waals surface area contributed by atoms with Gasteiger partial charge in [0, 0.05) is 12.7 Å². The van der Waals surface area contributed by atoms with Gasteiger partial charge in [-0.05, 0) is 73.6 Å². The number of rotatable bonds is 7. The number of hydrogen-bond acceptors (Lipinski definition) is 5. The normalized spacial score (nSPS) is 16.7. The summed E-state index contributed by atoms with van der Waals surface area (Å²) in [6.45, 7) is 16.8. The number of nitrogens with one attached hydrogen (secondary N) is 2. The number of amides is 2. The Hall–Kier alpha value is -3.29. The fourth-order valence-corrected chi connectivity index (χ4v) is 5.04. The molecule has 0 bridgehead atoms. The second-order valence-corrected chi connectivity index (χ2v) is 12.4. The lowest BCUT2D eigenvalue weighted by Gasteiger charge is -2.42. The molecule has 8 nitrogen and oxygen atoms in total. The predicted molar refractivity (Wildman–Crippen MR) is 149 cm³/mol. The van der Waals surface area contributed by atoms with Crippen LogP contribution in [0.4, 0.5) is 10.5 Å². The Morgan fingerprint density at radius 3 is 2.24 bits per heavy atom. The minimum Gasteiger partial charge on any atom is -0.464 e. The Morgan fingerprint density at radius 1 is 1.03 bits per heavy atom. The number of methoxy groups -OCH3 is 1. The van der Waals surface area contributed by atoms with E-state index in [1.165, 1.54) is 18.2 Å². The number of esters is 1. The van der Waals surface area contributed by atoms with Gasteiger partial charge in [0.2, 0.25) is 0 Å². The Kier molecular flexibility index (Phi) is 8.34. The topological polar surface area (TPSA) is 98.7 Å². The zero-order valence-corrected chi connectivity index (χ0v) is 24.3. The maximum absolute atomic E-state index is 13.8. The van der Waals surface area contributed by atoms with E-state index in [1.807, 2.05) is 19.1 Å². The fourth-order valence-electron chi connectivity index (χ4n) is 5.04. The molecule has 38 heavy (non-hydrogen) atoms. The smallest absolute Gasteiger partial charge is 0.408 e. The lowest BCUT2D eigenvalue weighted by Crippen LogP contribution is -2.41. The SMILES string of the molecule is CCCn1ccc(NC(=O)C(NC(=O)OC(C)(C)C)c2ccc3c(c2)C(C)(C)CCC3(C)C)c1C(=O)OC. The molecule has 0 radical (unpaired) electrons. The lowest BCUT2D eigenvalue weighted by atomic mass is 9.63. The fraction of sp³-hybridized carbons (Fsp3) is 0.567. The van der Waals surface area contributed by atoms with Gasteiger partial charge in [0.25, 0.3) is 5.91 Å². The number of benzene rings is 1. The number of anilines is 1. The van der Waals surface area contributed by atoms with E-state index in [1.54, 1.807) is 37.6 Å². The summed E-state index contributed by atoms with van der Waals surface area (Å²) >= 11 is 0. The van der Waals surface area contributed by atoms with Crippen molar-refractivity contribution >= 4 is 23.7 Å². The van der Waals surface area contributed by atoms with Gasteiger partial charge in [0.05, 0.1) is 12.8 Å². The summed E-state index contributed by atoms with van der Waals surface area (Å²) in [7, 11) is 1.31. The molecule has 1 aromatic heterocycles. The van der Waals surface area contributed by atoms with E-state index in [2.05, 4.69) is 44.4 Å². The van der Waals surface area contributed by atoms with E-state index in [-0.39, 0.29) is 16.5 Å². The number of carbonyl (C=O) groups excluding carboxylic acids is 3. The Balaban J connectivity index is 2.04. The van der Waals surface area contributed by atoms with Gasteiger partial charge in [-0.1, -0.05) is 52.8 Å². The zero-order valence-electron chi connectivity index (χ0n) is 24.3. The van der Waals surface area contributed by atoms with Crippen molar-refractivity contribution in [3.63, 3.8) is 0 Å². The Morgan fingerprint density at radius 2 is 1.66 bits per heavy atom. The van der Waals surface area contributed by atoms with Gasteiger partial charge < -0.3 is 24.7 Å². The van der Waals surface area contributed by atoms with Gasteiger partial charge in [0.15, 0.2) is 5.69 Å². The molecule has 2 aromatic rings. The Bertz CT molecular complexity index is 1200. The highest BCUT2D eigenvalue weighted by Crippen LogP contribution is 2.46. The molecular weight excluding hydrogens is 482 g/mol. The number of carbonyl (C=O) groups is 3. The quantitative estimate of drug-likeness (QED) is 0.417. The number of aromatic nitrogens is 1. The van der Waals surface area contributed by atoms with Crippen LogP contribution in [0.1, 0.15) is 108 Å². The first-order valence-electron chi connectivity index (χ1n) is 13.3. The average Bonchev–Trinajstić information content (AvgIpc) is 3.20. The van der Waals surface area contributed by atoms with Gasteiger partial charge in [-0.25, -0.2) is 9.59 Å². The van der Waals surface area contributed by atoms with Crippen LogP contribution in [0, 0.1) is 0 Å². The molecule has 0 saturated carbocycles. The molecule has 0 spiro atoms. The number of nitrogens with zero attached hydrogens (tertiary/aromatic N) is 1. The maximum atomic E-state index is 13.8. The molecule has 3 rings (SSSR count). The van der Waals surface area contributed by atoms with Crippen LogP contribution in [0.15, 0.2) is 30.5 Å². The van der Waals surface area contributed by atoms with E-state index in [0.717, 1.165) is 19.3 Å². The van der Waals surface area contributed by atoms with Crippen molar-refractivity contribution in [2.45, 2.75) is 104 Å². The van der Waals surface area contributed by atoms with E-state index in [4.69, 9.17) is 9.47 Å². The third-order valence-corrected chi connectivity index (χ3v) is 7.20. The highest BCUT2D eigenvalue weighted by molar-refractivity contribution is 6.03. The zero-order chi connectivity index (χ0) is 28.5. The van der Waals surface area contributed by atoms with Crippen LogP contribution in [0.2, 0.25) is 0 Å². The first-order chi connectivity index (χ1) is 17.6. The van der Waals surface area contributed by atoms with Gasteiger partial charge in [-0.15, -0.1) is 0 Å². The highest BCUT2D eigenvalue weighted by Gasteiger charge is 2.38. The molecule has 1 atom stereocenters. The van der Waals surface area contributed by atoms with Gasteiger partial charge in [-0.3, -0.25) is 4.79 Å². The molecule has 1 aliphatic carbocycles. The number of ether oxygens (including phenoxy) is 2. The summed E-state index contributed by atoms with van der Waals surface area (Å²) in [5.74, 6) is -1.03. The lowest BCUT2D eigenvalue weighted by molar-refractivity contribution is -0.118. The van der Waals surface area contributed by atoms with Crippen LogP contribution in [0.3, 0.4) is 0 Å². The molecule has 0 fully saturated rings. The van der Waals surface area contributed by atoms with Crippen LogP contribution < -0.4 is 10.6 Å². The van der Waals surface area contributed by atoms with Crippen molar-refractivity contribution < 1.29 is 23.9 Å². The minimum atomic E-state index is -1.05. The number of hydrogen-bond donors (Lipinski definition) is 2. The molecular formula is C30H43N3O5. The van der Waals surface area contributed by atoms with Crippen molar-refractivity contribution in [2.75, 3.05) is 12.4 Å². The molecule has 2 amide bonds. The summed E-state index contributed by atoms with van der Waals surface area (Å²) < 4.78 is 12.2. The molecule has 0 aliphatic heterocycles. The maximum Gasteiger partial charge on any atom is 0.408 e. The standard InChI is InChI=1S/C30H43N3O5/c1-10-16-33-17-13-22(24(33)26(35)37-9)31-25(34)23(32-27(36)38-28(2,3)4)19-11-12-20-21(18-19)30(7,8)15-14-29(20,5)6/h11-13,17-18,23H,10,14-16H2,1-9H3,(H,31,34)(H,32,36). The third-order valence-electron chi connectivity index (χ3n) is 7.20. The van der Waals surface area contributed by atoms with Crippen molar-refractivity contribution in [1.29, 1.82) is 0 Å². The van der Waals surface area contributed by atoms with Crippen LogP contribution in [0.25, 0.3) is 0 Å². The molecule has 1 heterocycles. The van der Waals surface area contributed by atoms with E-state index in [0.29, 0.717) is 17.8 Å². The first kappa shape index (κ1) is 29.3. The van der Waals surface area contributed by atoms with Gasteiger partial charge in [-0.2, -0.15) is 0 Å². The summed E-state index contributed by atoms with van der Waals surface area (Å²) in [4.78, 5) is 39.2. The largest absolute Gasteiger partial charge is 0.464 e. The van der Waals surface area contributed by atoms with Crippen molar-refractivity contribution in [1.82, 2.24) is 9.88 Å². The molecule has 208 valence electrons. The van der Waals surface area contributed by atoms with Crippen molar-refractivity contribution in [3.05, 3.63) is 52.8 Å². The number of fused-ring (bicyclic) bond motifs is 1. The molecule has 2 N–H and O–H groups in total. The summed E-state index contributed by atoms with van der Waals surface area (Å²) in [6.07, 6.45) is 3.92. The van der Waals surface area contributed by atoms with Crippen LogP contribution >= 0.6 is 0 Å². The number of alkyl carbamates (subject to hydrolysis) is 1. The third kappa shape index (κ3) is 6.40. The number of aryl methyl sites for hydroxylation is 1. The van der Waals surface area contributed by atoms with E-state index >= 15 is 0 Å². The highest BCUT2D eigenvalue weighted by atomic mass is 16.6. The average molecular weight is 526 g/mol. The van der Waals surface area contributed by atoms with Crippen molar-refractivity contribution in [3.8, 4) is 0 Å². The van der Waals surface area contributed by atoms with Gasteiger partial charge >= 0.3 is 12.1 Å². The molecule has 1 aromatic carbocycles. The Labute approximate surface area is 226 Å². The summed E-state index contributed by atoms with van der Waals surface area (Å²) in [5.41, 5.74) is 2.84. The van der Waals surface area contributed by atoms with E-state index in [9.17, 15) is 14.4 Å². The minimum absolute atomic E-state index is 0.0112. The van der Waals surface area contributed by atoms with Crippen LogP contribution in [-0.2, 0) is 31.6 Å². The van der Waals surface area contributed by atoms with Gasteiger partial charge in [0.1, 0.15) is 11.6 Å². The predicted octanol–water partition coefficient (Wildman–Crippen LogP) is 6.24. The van der Waals surface area contributed by atoms with Crippen LogP contribution in [-0.4, -0.2) is 35.2 Å². The second-order valence-electron chi connectivity index (χ2n) is 12.4. The molecule has 8 heteroatoms. The summed E-state index contributed by atoms with van der Waals surface area (Å²) in [6, 6.07) is 6.62. The molecule has 1 unspecified atom stereocenters. The van der Waals surface area contributed by atoms with Crippen LogP contribution in [0.5, 0.6) is 0 Å². The molecule has 1 aliphatic rings. The first-order valence-corrected chi connectivity index (χ1v) is 13.3. The molecule has 0 saturated heterocycles. The summed E-state index contributed by atoms with van der Waals surface area (Å²) in [5, 5.41) is 5.62. The van der Waals surface area contributed by atoms with Crippen molar-refractivity contribution in [2.24, 2.45) is 0 Å². The van der Waals surface area contributed by atoms with E-state index < -0.39 is 29.6 Å². The second kappa shape index (κ2) is 10.8. The monoisotopic (exact) mass is 525 g/mol.